The lowest BCUT2D eigenvalue weighted by atomic mass is 9.96. The lowest BCUT2D eigenvalue weighted by Crippen LogP contribution is -2.33. The van der Waals surface area contributed by atoms with E-state index < -0.39 is 0 Å². The Labute approximate surface area is 158 Å². The first-order valence-electron chi connectivity index (χ1n) is 9.22. The molecule has 6 nitrogen and oxygen atoms in total. The molecule has 0 spiro atoms. The standard InChI is InChI=1S/C21H22N2O4/c1-3-15-4-5-18-16(11-15)6-7-23-19(18)12-20(22-21(23)24)27-14(2)10-17-13-25-8-9-26-17/h1,4-5,11-12,14,17H,6-10,13H2,2H3. The largest absolute Gasteiger partial charge is 0.474 e. The minimum absolute atomic E-state index is 0.00961. The third-order valence-corrected chi connectivity index (χ3v) is 4.94. The van der Waals surface area contributed by atoms with Crippen molar-refractivity contribution in [3.63, 3.8) is 0 Å². The van der Waals surface area contributed by atoms with Crippen LogP contribution >= 0.6 is 0 Å². The van der Waals surface area contributed by atoms with E-state index >= 15 is 0 Å². The molecule has 0 saturated carbocycles. The van der Waals surface area contributed by atoms with Gasteiger partial charge in [-0.2, -0.15) is 4.98 Å². The normalized spacial score (nSPS) is 19.5. The molecule has 2 atom stereocenters. The van der Waals surface area contributed by atoms with Crippen molar-refractivity contribution < 1.29 is 14.2 Å². The molecule has 0 amide bonds. The molecule has 3 heterocycles. The molecule has 2 unspecified atom stereocenters. The average Bonchev–Trinajstić information content (AvgIpc) is 2.68. The maximum absolute atomic E-state index is 12.5. The molecule has 0 bridgehead atoms. The van der Waals surface area contributed by atoms with Gasteiger partial charge >= 0.3 is 5.69 Å². The lowest BCUT2D eigenvalue weighted by Gasteiger charge is -2.26. The summed E-state index contributed by atoms with van der Waals surface area (Å²) in [6, 6.07) is 7.70. The maximum atomic E-state index is 12.5. The highest BCUT2D eigenvalue weighted by atomic mass is 16.6. The van der Waals surface area contributed by atoms with Crippen LogP contribution in [-0.2, 0) is 22.4 Å². The van der Waals surface area contributed by atoms with Crippen molar-refractivity contribution in [2.45, 2.75) is 38.5 Å². The molecule has 6 heteroatoms. The molecular formula is C21H22N2O4. The Hall–Kier alpha value is -2.62. The topological polar surface area (TPSA) is 62.6 Å². The fourth-order valence-corrected chi connectivity index (χ4v) is 3.65. The number of nitrogens with zero attached hydrogens (tertiary/aromatic N) is 2. The zero-order chi connectivity index (χ0) is 18.8. The van der Waals surface area contributed by atoms with Crippen molar-refractivity contribution in [2.75, 3.05) is 19.8 Å². The Kier molecular flexibility index (Phi) is 4.97. The van der Waals surface area contributed by atoms with Crippen molar-refractivity contribution in [3.8, 4) is 29.5 Å². The van der Waals surface area contributed by atoms with E-state index in [0.29, 0.717) is 38.7 Å². The predicted molar refractivity (Wildman–Crippen MR) is 101 cm³/mol. The molecule has 0 aliphatic carbocycles. The quantitative estimate of drug-likeness (QED) is 0.775. The number of fused-ring (bicyclic) bond motifs is 3. The van der Waals surface area contributed by atoms with E-state index in [1.807, 2.05) is 31.2 Å². The van der Waals surface area contributed by atoms with E-state index in [1.54, 1.807) is 4.57 Å². The van der Waals surface area contributed by atoms with Crippen molar-refractivity contribution in [1.82, 2.24) is 9.55 Å². The fourth-order valence-electron chi connectivity index (χ4n) is 3.65. The van der Waals surface area contributed by atoms with Crippen LogP contribution in [0.1, 0.15) is 24.5 Å². The molecule has 4 rings (SSSR count). The number of terminal acetylenes is 1. The Balaban J connectivity index is 1.58. The zero-order valence-corrected chi connectivity index (χ0v) is 15.3. The lowest BCUT2D eigenvalue weighted by molar-refractivity contribution is -0.0990. The number of hydrogen-bond acceptors (Lipinski definition) is 5. The highest BCUT2D eigenvalue weighted by Gasteiger charge is 2.22. The molecule has 1 saturated heterocycles. The monoisotopic (exact) mass is 366 g/mol. The summed E-state index contributed by atoms with van der Waals surface area (Å²) in [6.45, 7) is 4.34. The maximum Gasteiger partial charge on any atom is 0.351 e. The number of ether oxygens (including phenoxy) is 3. The smallest absolute Gasteiger partial charge is 0.351 e. The number of hydrogen-bond donors (Lipinski definition) is 0. The molecule has 2 aliphatic heterocycles. The molecule has 27 heavy (non-hydrogen) atoms. The van der Waals surface area contributed by atoms with E-state index in [4.69, 9.17) is 20.6 Å². The summed E-state index contributed by atoms with van der Waals surface area (Å²) >= 11 is 0. The summed E-state index contributed by atoms with van der Waals surface area (Å²) in [5.74, 6) is 3.00. The molecule has 1 aromatic carbocycles. The van der Waals surface area contributed by atoms with Gasteiger partial charge in [-0.05, 0) is 31.0 Å². The van der Waals surface area contributed by atoms with Crippen molar-refractivity contribution in [1.29, 1.82) is 0 Å². The number of benzene rings is 1. The third kappa shape index (κ3) is 3.75. The van der Waals surface area contributed by atoms with Crippen molar-refractivity contribution in [3.05, 3.63) is 45.9 Å². The Morgan fingerprint density at radius 3 is 3.07 bits per heavy atom. The second-order valence-corrected chi connectivity index (χ2v) is 6.91. The van der Waals surface area contributed by atoms with Crippen LogP contribution in [0.25, 0.3) is 11.3 Å². The molecule has 2 aromatic rings. The fraction of sp³-hybridized carbons (Fsp3) is 0.429. The second-order valence-electron chi connectivity index (χ2n) is 6.91. The van der Waals surface area contributed by atoms with Crippen LogP contribution in [0.2, 0.25) is 0 Å². The van der Waals surface area contributed by atoms with E-state index in [1.165, 1.54) is 0 Å². The summed E-state index contributed by atoms with van der Waals surface area (Å²) in [4.78, 5) is 16.6. The van der Waals surface area contributed by atoms with Crippen molar-refractivity contribution >= 4 is 0 Å². The van der Waals surface area contributed by atoms with Gasteiger partial charge in [0.05, 0.1) is 31.6 Å². The van der Waals surface area contributed by atoms with Gasteiger partial charge in [-0.25, -0.2) is 4.79 Å². The molecule has 0 N–H and O–H groups in total. The van der Waals surface area contributed by atoms with Gasteiger partial charge in [0.2, 0.25) is 5.88 Å². The molecular weight excluding hydrogens is 344 g/mol. The Morgan fingerprint density at radius 1 is 1.41 bits per heavy atom. The predicted octanol–water partition coefficient (Wildman–Crippen LogP) is 2.02. The van der Waals surface area contributed by atoms with Gasteiger partial charge in [-0.15, -0.1) is 6.42 Å². The van der Waals surface area contributed by atoms with Gasteiger partial charge in [-0.1, -0.05) is 12.0 Å². The Morgan fingerprint density at radius 2 is 2.30 bits per heavy atom. The van der Waals surface area contributed by atoms with Crippen LogP contribution in [0.3, 0.4) is 0 Å². The van der Waals surface area contributed by atoms with E-state index in [-0.39, 0.29) is 17.9 Å². The highest BCUT2D eigenvalue weighted by Crippen LogP contribution is 2.30. The van der Waals surface area contributed by atoms with Crippen LogP contribution in [0.15, 0.2) is 29.1 Å². The number of aromatic nitrogens is 2. The van der Waals surface area contributed by atoms with Gasteiger partial charge < -0.3 is 14.2 Å². The first-order valence-corrected chi connectivity index (χ1v) is 9.22. The summed E-state index contributed by atoms with van der Waals surface area (Å²) in [5, 5.41) is 0. The first-order chi connectivity index (χ1) is 13.1. The molecule has 1 aromatic heterocycles. The molecule has 140 valence electrons. The van der Waals surface area contributed by atoms with Gasteiger partial charge in [0.15, 0.2) is 0 Å². The first kappa shape index (κ1) is 17.8. The SMILES string of the molecule is C#Cc1ccc2c(c1)CCn1c-2cc(OC(C)CC2COCCO2)nc1=O. The van der Waals surface area contributed by atoms with E-state index in [2.05, 4.69) is 10.9 Å². The van der Waals surface area contributed by atoms with Crippen LogP contribution < -0.4 is 10.4 Å². The second kappa shape index (κ2) is 7.55. The van der Waals surface area contributed by atoms with E-state index in [0.717, 1.165) is 28.8 Å². The zero-order valence-electron chi connectivity index (χ0n) is 15.3. The third-order valence-electron chi connectivity index (χ3n) is 4.94. The highest BCUT2D eigenvalue weighted by molar-refractivity contribution is 5.67. The molecule has 1 fully saturated rings. The van der Waals surface area contributed by atoms with Gasteiger partial charge in [0.1, 0.15) is 6.10 Å². The summed E-state index contributed by atoms with van der Waals surface area (Å²) in [7, 11) is 0. The number of aryl methyl sites for hydroxylation is 1. The summed E-state index contributed by atoms with van der Waals surface area (Å²) < 4.78 is 18.7. The average molecular weight is 366 g/mol. The minimum Gasteiger partial charge on any atom is -0.474 e. The van der Waals surface area contributed by atoms with Crippen LogP contribution in [0.5, 0.6) is 5.88 Å². The van der Waals surface area contributed by atoms with Crippen LogP contribution in [0.4, 0.5) is 0 Å². The van der Waals surface area contributed by atoms with Gasteiger partial charge in [0, 0.05) is 30.2 Å². The van der Waals surface area contributed by atoms with Gasteiger partial charge in [-0.3, -0.25) is 4.57 Å². The minimum atomic E-state index is -0.293. The summed E-state index contributed by atoms with van der Waals surface area (Å²) in [6.07, 6.45) is 6.81. The van der Waals surface area contributed by atoms with Crippen LogP contribution in [-0.4, -0.2) is 41.6 Å². The number of rotatable bonds is 4. The Bertz CT molecular complexity index is 938. The molecule has 2 aliphatic rings. The molecule has 0 radical (unpaired) electrons. The van der Waals surface area contributed by atoms with Crippen LogP contribution in [0, 0.1) is 12.3 Å². The van der Waals surface area contributed by atoms with E-state index in [9.17, 15) is 4.79 Å². The van der Waals surface area contributed by atoms with Gasteiger partial charge in [0.25, 0.3) is 0 Å². The van der Waals surface area contributed by atoms with Crippen molar-refractivity contribution in [2.24, 2.45) is 0 Å². The summed E-state index contributed by atoms with van der Waals surface area (Å²) in [5.41, 5.74) is 3.51.